The summed E-state index contributed by atoms with van der Waals surface area (Å²) in [6.45, 7) is 0. The number of nitrogens with one attached hydrogen (secondary N) is 2. The molecule has 2 N–H and O–H groups in total. The van der Waals surface area contributed by atoms with E-state index in [1.54, 1.807) is 12.2 Å². The maximum absolute atomic E-state index is 3.70. The van der Waals surface area contributed by atoms with Gasteiger partial charge in [0.05, 0.1) is 0 Å². The smallest absolute Gasteiger partial charge is 0.177 e. The van der Waals surface area contributed by atoms with Crippen molar-refractivity contribution < 1.29 is 0 Å². The third-order valence-electron chi connectivity index (χ3n) is 1.10. The Balaban J connectivity index is 2.14. The number of H-pyrrole nitrogens is 2. The fraction of sp³-hybridized carbons (Fsp3) is 0. The quantitative estimate of drug-likeness (QED) is 0.582. The summed E-state index contributed by atoms with van der Waals surface area (Å²) in [7, 11) is 0. The fourth-order valence-electron chi connectivity index (χ4n) is 0.629. The molecular weight excluding hydrogens is 160 g/mol. The Bertz CT molecular complexity index is 308. The van der Waals surface area contributed by atoms with Crippen molar-refractivity contribution in [1.29, 1.82) is 0 Å². The second-order valence-corrected chi connectivity index (χ2v) is 1.87. The lowest BCUT2D eigenvalue weighted by Crippen LogP contribution is -1.77. The number of aromatic amines is 2. The minimum Gasteiger partial charge on any atom is -0.177 e. The van der Waals surface area contributed by atoms with Crippen LogP contribution in [0, 0.1) is 0 Å². The molecule has 0 fully saturated rings. The van der Waals surface area contributed by atoms with Crippen molar-refractivity contribution in [2.45, 2.75) is 0 Å². The van der Waals surface area contributed by atoms with E-state index in [0.29, 0.717) is 11.6 Å². The predicted molar refractivity (Wildman–Crippen MR) is 37.3 cm³/mol. The second-order valence-electron chi connectivity index (χ2n) is 1.87. The van der Waals surface area contributed by atoms with Gasteiger partial charge in [-0.1, -0.05) is 0 Å². The number of nitrogens with zero attached hydrogens (tertiary/aromatic N) is 6. The van der Waals surface area contributed by atoms with E-state index in [9.17, 15) is 0 Å². The molecule has 0 bridgehead atoms. The SMILES string of the molecule is C(=C/c1nn[nH]n1)/c1nn[nH]n1. The molecule has 2 heterocycles. The maximum atomic E-state index is 3.70. The van der Waals surface area contributed by atoms with Gasteiger partial charge in [-0.15, -0.1) is 20.4 Å². The van der Waals surface area contributed by atoms with E-state index in [0.717, 1.165) is 0 Å². The van der Waals surface area contributed by atoms with Crippen LogP contribution >= 0.6 is 0 Å². The molecule has 60 valence electrons. The van der Waals surface area contributed by atoms with Crippen molar-refractivity contribution in [3.05, 3.63) is 11.6 Å². The van der Waals surface area contributed by atoms with Crippen LogP contribution in [0.5, 0.6) is 0 Å². The van der Waals surface area contributed by atoms with Crippen LogP contribution in [-0.4, -0.2) is 41.2 Å². The summed E-state index contributed by atoms with van der Waals surface area (Å²) in [5.74, 6) is 0.944. The third kappa shape index (κ3) is 1.31. The summed E-state index contributed by atoms with van der Waals surface area (Å²) in [4.78, 5) is 0. The molecule has 0 aliphatic heterocycles. The van der Waals surface area contributed by atoms with Gasteiger partial charge in [-0.2, -0.15) is 10.4 Å². The lowest BCUT2D eigenvalue weighted by atomic mass is 10.5. The molecule has 2 rings (SSSR count). The number of rotatable bonds is 2. The van der Waals surface area contributed by atoms with Crippen molar-refractivity contribution in [2.75, 3.05) is 0 Å². The average Bonchev–Trinajstić information content (AvgIpc) is 2.74. The molecule has 2 aromatic rings. The van der Waals surface area contributed by atoms with Crippen molar-refractivity contribution in [3.8, 4) is 0 Å². The molecule has 12 heavy (non-hydrogen) atoms. The second kappa shape index (κ2) is 2.86. The Morgan fingerprint density at radius 3 is 1.67 bits per heavy atom. The average molecular weight is 164 g/mol. The zero-order valence-electron chi connectivity index (χ0n) is 5.84. The Morgan fingerprint density at radius 1 is 0.833 bits per heavy atom. The molecule has 0 atom stereocenters. The Hall–Kier alpha value is -2.12. The molecule has 0 saturated heterocycles. The van der Waals surface area contributed by atoms with Crippen LogP contribution in [0.2, 0.25) is 0 Å². The van der Waals surface area contributed by atoms with Gasteiger partial charge < -0.3 is 0 Å². The highest BCUT2D eigenvalue weighted by Gasteiger charge is 1.92. The van der Waals surface area contributed by atoms with Gasteiger partial charge in [0.15, 0.2) is 11.6 Å². The summed E-state index contributed by atoms with van der Waals surface area (Å²) >= 11 is 0. The number of aromatic nitrogens is 8. The molecule has 0 spiro atoms. The molecular formula is C4H4N8. The first-order valence-electron chi connectivity index (χ1n) is 3.10. The molecule has 0 amide bonds. The van der Waals surface area contributed by atoms with Crippen LogP contribution in [-0.2, 0) is 0 Å². The normalized spacial score (nSPS) is 11.0. The summed E-state index contributed by atoms with van der Waals surface area (Å²) in [5.41, 5.74) is 0. The highest BCUT2D eigenvalue weighted by molar-refractivity contribution is 5.61. The zero-order chi connectivity index (χ0) is 8.23. The van der Waals surface area contributed by atoms with Crippen LogP contribution in [0.3, 0.4) is 0 Å². The number of tetrazole rings is 2. The van der Waals surface area contributed by atoms with Gasteiger partial charge in [0.25, 0.3) is 0 Å². The van der Waals surface area contributed by atoms with Crippen LogP contribution in [0.25, 0.3) is 12.2 Å². The molecule has 0 aliphatic rings. The van der Waals surface area contributed by atoms with Gasteiger partial charge in [-0.3, -0.25) is 0 Å². The Kier molecular flexibility index (Phi) is 1.57. The van der Waals surface area contributed by atoms with Crippen LogP contribution in [0.15, 0.2) is 0 Å². The lowest BCUT2D eigenvalue weighted by molar-refractivity contribution is 0.881. The molecule has 8 heteroatoms. The molecule has 0 unspecified atom stereocenters. The van der Waals surface area contributed by atoms with Crippen molar-refractivity contribution >= 4 is 12.2 Å². The Morgan fingerprint density at radius 2 is 1.33 bits per heavy atom. The van der Waals surface area contributed by atoms with E-state index < -0.39 is 0 Å². The third-order valence-corrected chi connectivity index (χ3v) is 1.10. The van der Waals surface area contributed by atoms with Crippen molar-refractivity contribution in [2.24, 2.45) is 0 Å². The van der Waals surface area contributed by atoms with Gasteiger partial charge in [0.1, 0.15) is 0 Å². The highest BCUT2D eigenvalue weighted by Crippen LogP contribution is 1.93. The van der Waals surface area contributed by atoms with Crippen molar-refractivity contribution in [1.82, 2.24) is 41.2 Å². The van der Waals surface area contributed by atoms with Gasteiger partial charge in [0.2, 0.25) is 0 Å². The maximum Gasteiger partial charge on any atom is 0.197 e. The molecule has 0 saturated carbocycles. The van der Waals surface area contributed by atoms with E-state index in [1.807, 2.05) is 0 Å². The molecule has 0 aromatic carbocycles. The number of hydrogen-bond acceptors (Lipinski definition) is 6. The zero-order valence-corrected chi connectivity index (χ0v) is 5.84. The summed E-state index contributed by atoms with van der Waals surface area (Å²) in [6, 6.07) is 0. The van der Waals surface area contributed by atoms with E-state index in [4.69, 9.17) is 0 Å². The molecule has 0 radical (unpaired) electrons. The summed E-state index contributed by atoms with van der Waals surface area (Å²) < 4.78 is 0. The topological polar surface area (TPSA) is 109 Å². The van der Waals surface area contributed by atoms with Gasteiger partial charge in [0, 0.05) is 0 Å². The van der Waals surface area contributed by atoms with E-state index in [1.165, 1.54) is 0 Å². The number of hydrogen-bond donors (Lipinski definition) is 2. The van der Waals surface area contributed by atoms with E-state index >= 15 is 0 Å². The standard InChI is InChI=1S/C4H4N8/c1(3-5-9-10-6-3)2-4-7-11-12-8-4/h1-2H,(H,5,6,9,10)(H,7,8,11,12)/b2-1-. The first-order chi connectivity index (χ1) is 5.95. The first kappa shape index (κ1) is 6.58. The first-order valence-corrected chi connectivity index (χ1v) is 3.10. The largest absolute Gasteiger partial charge is 0.197 e. The molecule has 0 aliphatic carbocycles. The minimum absolute atomic E-state index is 0.472. The van der Waals surface area contributed by atoms with Crippen LogP contribution in [0.4, 0.5) is 0 Å². The van der Waals surface area contributed by atoms with Crippen LogP contribution < -0.4 is 0 Å². The summed E-state index contributed by atoms with van der Waals surface area (Å²) in [6.07, 6.45) is 3.24. The summed E-state index contributed by atoms with van der Waals surface area (Å²) in [5, 5.41) is 26.2. The highest BCUT2D eigenvalue weighted by atomic mass is 15.5. The van der Waals surface area contributed by atoms with E-state index in [2.05, 4.69) is 41.2 Å². The van der Waals surface area contributed by atoms with Gasteiger partial charge in [-0.25, -0.2) is 0 Å². The monoisotopic (exact) mass is 164 g/mol. The van der Waals surface area contributed by atoms with Gasteiger partial charge >= 0.3 is 0 Å². The van der Waals surface area contributed by atoms with Gasteiger partial charge in [-0.05, 0) is 22.6 Å². The Labute approximate surface area is 66.1 Å². The lowest BCUT2D eigenvalue weighted by Gasteiger charge is -1.75. The minimum atomic E-state index is 0.472. The van der Waals surface area contributed by atoms with Crippen LogP contribution in [0.1, 0.15) is 11.6 Å². The predicted octanol–water partition coefficient (Wildman–Crippen LogP) is -1.12. The molecule has 2 aromatic heterocycles. The van der Waals surface area contributed by atoms with E-state index in [-0.39, 0.29) is 0 Å². The van der Waals surface area contributed by atoms with Crippen molar-refractivity contribution in [3.63, 3.8) is 0 Å². The fourth-order valence-corrected chi connectivity index (χ4v) is 0.629. The molecule has 8 nitrogen and oxygen atoms in total.